The summed E-state index contributed by atoms with van der Waals surface area (Å²) >= 11 is 0. The molecule has 2 N–H and O–H groups in total. The highest BCUT2D eigenvalue weighted by Gasteiger charge is 2.42. The summed E-state index contributed by atoms with van der Waals surface area (Å²) in [7, 11) is 0. The van der Waals surface area contributed by atoms with Gasteiger partial charge in [-0.2, -0.15) is 0 Å². The average Bonchev–Trinajstić information content (AvgIpc) is 2.70. The van der Waals surface area contributed by atoms with Crippen LogP contribution in [0.3, 0.4) is 0 Å². The molecule has 0 radical (unpaired) electrons. The molecule has 0 atom stereocenters. The van der Waals surface area contributed by atoms with E-state index in [1.54, 1.807) is 0 Å². The first kappa shape index (κ1) is 7.28. The molecule has 1 fully saturated rings. The van der Waals surface area contributed by atoms with Gasteiger partial charge >= 0.3 is 0 Å². The zero-order valence-electron chi connectivity index (χ0n) is 5.76. The fourth-order valence-electron chi connectivity index (χ4n) is 0.786. The quantitative estimate of drug-likeness (QED) is 0.535. The molecule has 0 aromatic carbocycles. The van der Waals surface area contributed by atoms with Gasteiger partial charge in [-0.25, -0.2) is 0 Å². The Morgan fingerprint density at radius 3 is 2.70 bits per heavy atom. The van der Waals surface area contributed by atoms with Crippen LogP contribution >= 0.6 is 0 Å². The summed E-state index contributed by atoms with van der Waals surface area (Å²) in [6.45, 7) is 3.35. The second kappa shape index (κ2) is 2.42. The molecule has 3 heteroatoms. The number of nitrogens with one attached hydrogen (secondary N) is 1. The van der Waals surface area contributed by atoms with Gasteiger partial charge in [-0.1, -0.05) is 6.58 Å². The maximum absolute atomic E-state index is 10.7. The maximum atomic E-state index is 10.7. The van der Waals surface area contributed by atoms with Crippen LogP contribution in [0.1, 0.15) is 12.8 Å². The van der Waals surface area contributed by atoms with Crippen molar-refractivity contribution in [2.75, 3.05) is 6.61 Å². The molecule has 0 unspecified atom stereocenters. The minimum Gasteiger partial charge on any atom is -0.394 e. The summed E-state index contributed by atoms with van der Waals surface area (Å²) in [5.41, 5.74) is -0.300. The number of amides is 1. The van der Waals surface area contributed by atoms with Crippen LogP contribution in [0.25, 0.3) is 0 Å². The summed E-state index contributed by atoms with van der Waals surface area (Å²) < 4.78 is 0. The fraction of sp³-hybridized carbons (Fsp3) is 0.571. The molecule has 0 spiro atoms. The number of aliphatic hydroxyl groups is 1. The molecule has 1 rings (SSSR count). The van der Waals surface area contributed by atoms with Gasteiger partial charge in [0.1, 0.15) is 0 Å². The molecular formula is C7H11NO2. The van der Waals surface area contributed by atoms with Crippen molar-refractivity contribution >= 4 is 5.91 Å². The first-order chi connectivity index (χ1) is 4.72. The van der Waals surface area contributed by atoms with Gasteiger partial charge < -0.3 is 10.4 Å². The number of carbonyl (C=O) groups excluding carboxylic acids is 1. The lowest BCUT2D eigenvalue weighted by Crippen LogP contribution is -2.38. The van der Waals surface area contributed by atoms with Crippen molar-refractivity contribution in [2.45, 2.75) is 18.4 Å². The van der Waals surface area contributed by atoms with E-state index >= 15 is 0 Å². The number of hydrogen-bond acceptors (Lipinski definition) is 2. The van der Waals surface area contributed by atoms with Crippen molar-refractivity contribution in [3.8, 4) is 0 Å². The van der Waals surface area contributed by atoms with Crippen LogP contribution in [-0.2, 0) is 4.79 Å². The van der Waals surface area contributed by atoms with Crippen LogP contribution in [0.5, 0.6) is 0 Å². The normalized spacial score (nSPS) is 19.7. The Labute approximate surface area is 59.7 Å². The molecule has 1 aliphatic carbocycles. The Hall–Kier alpha value is -0.830. The van der Waals surface area contributed by atoms with Gasteiger partial charge in [0.2, 0.25) is 5.91 Å². The molecule has 1 saturated carbocycles. The molecular weight excluding hydrogens is 130 g/mol. The zero-order valence-corrected chi connectivity index (χ0v) is 5.76. The summed E-state index contributed by atoms with van der Waals surface area (Å²) in [4.78, 5) is 10.7. The Balaban J connectivity index is 2.37. The van der Waals surface area contributed by atoms with Crippen molar-refractivity contribution in [3.05, 3.63) is 12.7 Å². The van der Waals surface area contributed by atoms with Gasteiger partial charge in [-0.05, 0) is 18.9 Å². The largest absolute Gasteiger partial charge is 0.394 e. The van der Waals surface area contributed by atoms with E-state index in [0.717, 1.165) is 12.8 Å². The fourth-order valence-corrected chi connectivity index (χ4v) is 0.786. The van der Waals surface area contributed by atoms with Gasteiger partial charge in [0.05, 0.1) is 12.1 Å². The summed E-state index contributed by atoms with van der Waals surface area (Å²) in [5, 5.41) is 11.4. The van der Waals surface area contributed by atoms with Crippen LogP contribution in [-0.4, -0.2) is 23.2 Å². The number of aliphatic hydroxyl groups excluding tert-OH is 1. The molecule has 56 valence electrons. The van der Waals surface area contributed by atoms with Crippen molar-refractivity contribution in [2.24, 2.45) is 0 Å². The van der Waals surface area contributed by atoms with E-state index in [2.05, 4.69) is 11.9 Å². The molecule has 10 heavy (non-hydrogen) atoms. The van der Waals surface area contributed by atoms with E-state index in [1.165, 1.54) is 6.08 Å². The van der Waals surface area contributed by atoms with Gasteiger partial charge in [0.15, 0.2) is 0 Å². The predicted octanol–water partition coefficient (Wildman–Crippen LogP) is -0.187. The van der Waals surface area contributed by atoms with Crippen LogP contribution in [0.15, 0.2) is 12.7 Å². The SMILES string of the molecule is C=CC(=O)NC1(CO)CC1. The number of hydrogen-bond donors (Lipinski definition) is 2. The van der Waals surface area contributed by atoms with E-state index in [1.807, 2.05) is 0 Å². The summed E-state index contributed by atoms with van der Waals surface area (Å²) in [6.07, 6.45) is 2.97. The summed E-state index contributed by atoms with van der Waals surface area (Å²) in [6, 6.07) is 0. The van der Waals surface area contributed by atoms with E-state index in [4.69, 9.17) is 5.11 Å². The van der Waals surface area contributed by atoms with Crippen molar-refractivity contribution in [1.82, 2.24) is 5.32 Å². The van der Waals surface area contributed by atoms with Crippen molar-refractivity contribution < 1.29 is 9.90 Å². The molecule has 0 bridgehead atoms. The lowest BCUT2D eigenvalue weighted by atomic mass is 10.3. The standard InChI is InChI=1S/C7H11NO2/c1-2-6(10)8-7(5-9)3-4-7/h2,9H,1,3-5H2,(H,8,10). The van der Waals surface area contributed by atoms with Crippen LogP contribution in [0.4, 0.5) is 0 Å². The molecule has 0 saturated heterocycles. The highest BCUT2D eigenvalue weighted by molar-refractivity contribution is 5.87. The molecule has 0 aromatic heterocycles. The Bertz CT molecular complexity index is 161. The monoisotopic (exact) mass is 141 g/mol. The van der Waals surface area contributed by atoms with E-state index in [9.17, 15) is 4.79 Å². The molecule has 1 amide bonds. The van der Waals surface area contributed by atoms with Crippen LogP contribution < -0.4 is 5.32 Å². The van der Waals surface area contributed by atoms with Gasteiger partial charge in [0, 0.05) is 0 Å². The first-order valence-electron chi connectivity index (χ1n) is 3.28. The van der Waals surface area contributed by atoms with Gasteiger partial charge in [-0.3, -0.25) is 4.79 Å². The predicted molar refractivity (Wildman–Crippen MR) is 37.4 cm³/mol. The lowest BCUT2D eigenvalue weighted by molar-refractivity contribution is -0.117. The Morgan fingerprint density at radius 2 is 2.40 bits per heavy atom. The van der Waals surface area contributed by atoms with E-state index in [-0.39, 0.29) is 18.1 Å². The van der Waals surface area contributed by atoms with Crippen LogP contribution in [0, 0.1) is 0 Å². The smallest absolute Gasteiger partial charge is 0.243 e. The second-order valence-corrected chi connectivity index (χ2v) is 2.63. The van der Waals surface area contributed by atoms with E-state index < -0.39 is 0 Å². The van der Waals surface area contributed by atoms with Crippen molar-refractivity contribution in [1.29, 1.82) is 0 Å². The molecule has 0 aromatic rings. The minimum absolute atomic E-state index is 0.0343. The van der Waals surface area contributed by atoms with Gasteiger partial charge in [-0.15, -0.1) is 0 Å². The molecule has 1 aliphatic rings. The van der Waals surface area contributed by atoms with Crippen LogP contribution in [0.2, 0.25) is 0 Å². The third-order valence-corrected chi connectivity index (χ3v) is 1.73. The zero-order chi connectivity index (χ0) is 7.61. The topological polar surface area (TPSA) is 49.3 Å². The molecule has 0 aliphatic heterocycles. The number of rotatable bonds is 3. The number of carbonyl (C=O) groups is 1. The average molecular weight is 141 g/mol. The van der Waals surface area contributed by atoms with Gasteiger partial charge in [0.25, 0.3) is 0 Å². The maximum Gasteiger partial charge on any atom is 0.243 e. The highest BCUT2D eigenvalue weighted by Crippen LogP contribution is 2.34. The second-order valence-electron chi connectivity index (χ2n) is 2.63. The summed E-state index contributed by atoms with van der Waals surface area (Å²) in [5.74, 6) is -0.202. The Morgan fingerprint density at radius 1 is 1.80 bits per heavy atom. The molecule has 3 nitrogen and oxygen atoms in total. The third kappa shape index (κ3) is 1.36. The first-order valence-corrected chi connectivity index (χ1v) is 3.28. The molecule has 0 heterocycles. The minimum atomic E-state index is -0.300. The van der Waals surface area contributed by atoms with E-state index in [0.29, 0.717) is 0 Å². The van der Waals surface area contributed by atoms with Crippen molar-refractivity contribution in [3.63, 3.8) is 0 Å². The Kier molecular flexibility index (Phi) is 1.76. The highest BCUT2D eigenvalue weighted by atomic mass is 16.3. The lowest BCUT2D eigenvalue weighted by Gasteiger charge is -2.11. The third-order valence-electron chi connectivity index (χ3n) is 1.73.